The summed E-state index contributed by atoms with van der Waals surface area (Å²) in [7, 11) is -2.35. The number of benzene rings is 2. The highest BCUT2D eigenvalue weighted by Crippen LogP contribution is 2.30. The van der Waals surface area contributed by atoms with Crippen LogP contribution < -0.4 is 15.4 Å². The fraction of sp³-hybridized carbons (Fsp3) is 0.500. The third-order valence-electron chi connectivity index (χ3n) is 8.47. The van der Waals surface area contributed by atoms with Gasteiger partial charge in [-0.25, -0.2) is 13.1 Å². The summed E-state index contributed by atoms with van der Waals surface area (Å²) in [5.74, 6) is -0.819. The molecule has 1 saturated heterocycles. The summed E-state index contributed by atoms with van der Waals surface area (Å²) in [5, 5.41) is 6.21. The molecule has 2 aromatic carbocycles. The second-order valence-electron chi connectivity index (χ2n) is 13.3. The topological polar surface area (TPSA) is 125 Å². The maximum Gasteiger partial charge on any atom is 0.264 e. The van der Waals surface area contributed by atoms with Crippen molar-refractivity contribution in [2.75, 3.05) is 13.6 Å². The monoisotopic (exact) mass is 656 g/mol. The number of sulfonamides is 1. The van der Waals surface area contributed by atoms with E-state index < -0.39 is 44.9 Å². The van der Waals surface area contributed by atoms with E-state index in [2.05, 4.69) is 28.0 Å². The van der Waals surface area contributed by atoms with Gasteiger partial charge < -0.3 is 15.5 Å². The average Bonchev–Trinajstić information content (AvgIpc) is 2.99. The number of thiol groups is 1. The number of piperidine rings is 1. The molecule has 3 amide bonds. The first-order valence-electron chi connectivity index (χ1n) is 15.3. The number of carbonyl (C=O) groups excluding carboxylic acids is 3. The number of likely N-dealkylation sites (N-methyl/N-ethyl adjacent to an activating group) is 1. The van der Waals surface area contributed by atoms with Gasteiger partial charge in [0.2, 0.25) is 11.8 Å². The Labute approximate surface area is 274 Å². The predicted molar refractivity (Wildman–Crippen MR) is 181 cm³/mol. The molecular formula is C34H48N4O5S2. The molecule has 45 heavy (non-hydrogen) atoms. The van der Waals surface area contributed by atoms with Crippen LogP contribution in [0, 0.1) is 5.41 Å². The maximum absolute atomic E-state index is 14.2. The minimum atomic E-state index is -4.09. The minimum Gasteiger partial charge on any atom is -0.342 e. The maximum atomic E-state index is 14.2. The SMILES string of the molecule is CN[C@H](C(=O)N[C@H](C(=O)N1CCCCC1/C=C(\C)C(=O)NS(=O)(=O)c1ccc(CS)cc1)C(C)(C)C)C(C)(C)c1ccccc1. The fourth-order valence-electron chi connectivity index (χ4n) is 5.70. The molecule has 1 unspecified atom stereocenters. The summed E-state index contributed by atoms with van der Waals surface area (Å²) >= 11 is 4.19. The van der Waals surface area contributed by atoms with Crippen LogP contribution in [0.15, 0.2) is 71.1 Å². The Balaban J connectivity index is 1.82. The molecule has 1 heterocycles. The molecule has 9 nitrogen and oxygen atoms in total. The van der Waals surface area contributed by atoms with Crippen LogP contribution >= 0.6 is 12.6 Å². The van der Waals surface area contributed by atoms with Crippen molar-refractivity contribution in [1.82, 2.24) is 20.3 Å². The van der Waals surface area contributed by atoms with E-state index in [-0.39, 0.29) is 22.3 Å². The summed E-state index contributed by atoms with van der Waals surface area (Å²) in [6.45, 7) is 11.7. The second-order valence-corrected chi connectivity index (χ2v) is 15.3. The van der Waals surface area contributed by atoms with Crippen LogP contribution in [-0.2, 0) is 35.6 Å². The lowest BCUT2D eigenvalue weighted by atomic mass is 9.76. The van der Waals surface area contributed by atoms with Crippen molar-refractivity contribution < 1.29 is 22.8 Å². The number of hydrogen-bond donors (Lipinski definition) is 4. The predicted octanol–water partition coefficient (Wildman–Crippen LogP) is 4.35. The largest absolute Gasteiger partial charge is 0.342 e. The van der Waals surface area contributed by atoms with Gasteiger partial charge in [-0.05, 0) is 61.9 Å². The average molecular weight is 657 g/mol. The molecule has 0 bridgehead atoms. The summed E-state index contributed by atoms with van der Waals surface area (Å²) in [4.78, 5) is 42.7. The highest BCUT2D eigenvalue weighted by atomic mass is 32.2. The van der Waals surface area contributed by atoms with Crippen molar-refractivity contribution >= 4 is 40.4 Å². The van der Waals surface area contributed by atoms with Crippen molar-refractivity contribution in [3.8, 4) is 0 Å². The first kappa shape index (κ1) is 36.3. The smallest absolute Gasteiger partial charge is 0.264 e. The van der Waals surface area contributed by atoms with Crippen LogP contribution in [-0.4, -0.2) is 62.8 Å². The Bertz CT molecular complexity index is 1480. The van der Waals surface area contributed by atoms with Gasteiger partial charge in [-0.2, -0.15) is 12.6 Å². The van der Waals surface area contributed by atoms with Gasteiger partial charge in [0.25, 0.3) is 15.9 Å². The zero-order valence-electron chi connectivity index (χ0n) is 27.4. The summed E-state index contributed by atoms with van der Waals surface area (Å²) in [6, 6.07) is 14.0. The molecule has 3 N–H and O–H groups in total. The zero-order valence-corrected chi connectivity index (χ0v) is 29.1. The molecule has 3 rings (SSSR count). The van der Waals surface area contributed by atoms with Crippen LogP contribution in [0.4, 0.5) is 0 Å². The molecule has 0 aliphatic carbocycles. The highest BCUT2D eigenvalue weighted by Gasteiger charge is 2.42. The van der Waals surface area contributed by atoms with Crippen molar-refractivity contribution in [2.24, 2.45) is 5.41 Å². The lowest BCUT2D eigenvalue weighted by molar-refractivity contribution is -0.142. The molecule has 0 saturated carbocycles. The molecule has 0 aromatic heterocycles. The van der Waals surface area contributed by atoms with E-state index in [4.69, 9.17) is 0 Å². The number of hydrogen-bond acceptors (Lipinski definition) is 7. The third kappa shape index (κ3) is 8.98. The van der Waals surface area contributed by atoms with Crippen molar-refractivity contribution in [1.29, 1.82) is 0 Å². The van der Waals surface area contributed by atoms with E-state index in [1.54, 1.807) is 30.2 Å². The van der Waals surface area contributed by atoms with Gasteiger partial charge in [0, 0.05) is 23.3 Å². The lowest BCUT2D eigenvalue weighted by Gasteiger charge is -2.41. The normalized spacial score (nSPS) is 17.7. The Morgan fingerprint density at radius 2 is 1.60 bits per heavy atom. The van der Waals surface area contributed by atoms with E-state index in [1.165, 1.54) is 19.1 Å². The summed E-state index contributed by atoms with van der Waals surface area (Å²) in [5.41, 5.74) is 0.849. The van der Waals surface area contributed by atoms with Gasteiger partial charge in [0.15, 0.2) is 0 Å². The number of nitrogens with zero attached hydrogens (tertiary/aromatic N) is 1. The van der Waals surface area contributed by atoms with Gasteiger partial charge in [0.05, 0.1) is 17.0 Å². The van der Waals surface area contributed by atoms with E-state index in [1.807, 2.05) is 65.0 Å². The van der Waals surface area contributed by atoms with E-state index in [0.717, 1.165) is 24.0 Å². The molecule has 1 fully saturated rings. The van der Waals surface area contributed by atoms with Crippen LogP contribution in [0.2, 0.25) is 0 Å². The first-order valence-corrected chi connectivity index (χ1v) is 17.4. The summed E-state index contributed by atoms with van der Waals surface area (Å²) in [6.07, 6.45) is 3.89. The quantitative estimate of drug-likeness (QED) is 0.211. The molecule has 0 radical (unpaired) electrons. The Morgan fingerprint density at radius 3 is 2.16 bits per heavy atom. The van der Waals surface area contributed by atoms with Gasteiger partial charge in [0.1, 0.15) is 6.04 Å². The number of amides is 3. The van der Waals surface area contributed by atoms with E-state index in [0.29, 0.717) is 18.7 Å². The summed E-state index contributed by atoms with van der Waals surface area (Å²) < 4.78 is 27.9. The molecule has 246 valence electrons. The standard InChI is InChI=1S/C34H48N4O5S2/c1-23(30(39)37-45(42,43)27-18-16-24(22-44)17-19-27)21-26-15-11-12-20-38(26)32(41)29(33(2,3)4)36-31(40)28(35-7)34(5,6)25-13-9-8-10-14-25/h8-10,13-14,16-19,21,26,28-29,35,44H,11-12,15,20,22H2,1-7H3,(H,36,40)(H,37,39)/b23-21+/t26?,28-,29-/m1/s1. The molecule has 1 aliphatic rings. The van der Waals surface area contributed by atoms with Crippen LogP contribution in [0.25, 0.3) is 0 Å². The minimum absolute atomic E-state index is 0.0253. The third-order valence-corrected chi connectivity index (χ3v) is 10.2. The zero-order chi connectivity index (χ0) is 33.6. The number of carbonyl (C=O) groups is 3. The lowest BCUT2D eigenvalue weighted by Crippen LogP contribution is -2.62. The van der Waals surface area contributed by atoms with Crippen molar-refractivity contribution in [3.05, 3.63) is 77.4 Å². The highest BCUT2D eigenvalue weighted by molar-refractivity contribution is 7.90. The Morgan fingerprint density at radius 1 is 0.978 bits per heavy atom. The van der Waals surface area contributed by atoms with Crippen LogP contribution in [0.3, 0.4) is 0 Å². The Hall–Kier alpha value is -3.15. The molecule has 0 spiro atoms. The van der Waals surface area contributed by atoms with E-state index in [9.17, 15) is 22.8 Å². The van der Waals surface area contributed by atoms with Crippen molar-refractivity contribution in [3.63, 3.8) is 0 Å². The van der Waals surface area contributed by atoms with Crippen LogP contribution in [0.5, 0.6) is 0 Å². The Kier molecular flexibility index (Phi) is 12.1. The van der Waals surface area contributed by atoms with Gasteiger partial charge in [-0.15, -0.1) is 0 Å². The van der Waals surface area contributed by atoms with Crippen molar-refractivity contribution in [2.45, 2.75) is 95.0 Å². The molecule has 1 aliphatic heterocycles. The molecule has 3 atom stereocenters. The molecule has 2 aromatic rings. The fourth-order valence-corrected chi connectivity index (χ4v) is 6.93. The van der Waals surface area contributed by atoms with Gasteiger partial charge in [-0.3, -0.25) is 14.4 Å². The van der Waals surface area contributed by atoms with Gasteiger partial charge in [-0.1, -0.05) is 83.2 Å². The number of rotatable bonds is 11. The van der Waals surface area contributed by atoms with Crippen LogP contribution in [0.1, 0.15) is 71.9 Å². The molecular weight excluding hydrogens is 609 g/mol. The first-order chi connectivity index (χ1) is 21.0. The number of nitrogens with one attached hydrogen (secondary N) is 3. The number of likely N-dealkylation sites (tertiary alicyclic amines) is 1. The molecule has 11 heteroatoms. The van der Waals surface area contributed by atoms with Gasteiger partial charge >= 0.3 is 0 Å². The van der Waals surface area contributed by atoms with E-state index >= 15 is 0 Å². The second kappa shape index (κ2) is 15.0.